The highest BCUT2D eigenvalue weighted by Crippen LogP contribution is 2.40. The Bertz CT molecular complexity index is 669. The number of furan rings is 1. The first-order valence-electron chi connectivity index (χ1n) is 6.60. The lowest BCUT2D eigenvalue weighted by atomic mass is 9.69. The van der Waals surface area contributed by atoms with Gasteiger partial charge in [-0.25, -0.2) is 0 Å². The third kappa shape index (κ3) is 1.95. The SMILES string of the molecule is O=C(NCC1(C(=O)O)CCC1)c1coc2ccccc12. The third-order valence-corrected chi connectivity index (χ3v) is 4.08. The zero-order valence-corrected chi connectivity index (χ0v) is 10.9. The largest absolute Gasteiger partial charge is 0.481 e. The van der Waals surface area contributed by atoms with Gasteiger partial charge in [0.2, 0.25) is 0 Å². The summed E-state index contributed by atoms with van der Waals surface area (Å²) in [4.78, 5) is 23.4. The fourth-order valence-electron chi connectivity index (χ4n) is 2.57. The number of hydrogen-bond donors (Lipinski definition) is 2. The monoisotopic (exact) mass is 273 g/mol. The molecular weight excluding hydrogens is 258 g/mol. The molecule has 1 aliphatic carbocycles. The summed E-state index contributed by atoms with van der Waals surface area (Å²) < 4.78 is 5.31. The molecule has 0 bridgehead atoms. The first-order chi connectivity index (χ1) is 9.62. The van der Waals surface area contributed by atoms with E-state index in [2.05, 4.69) is 5.32 Å². The van der Waals surface area contributed by atoms with Gasteiger partial charge in [0.25, 0.3) is 5.91 Å². The van der Waals surface area contributed by atoms with Crippen LogP contribution in [0.5, 0.6) is 0 Å². The van der Waals surface area contributed by atoms with E-state index in [-0.39, 0.29) is 12.5 Å². The van der Waals surface area contributed by atoms with Crippen molar-refractivity contribution in [3.63, 3.8) is 0 Å². The van der Waals surface area contributed by atoms with E-state index in [0.717, 1.165) is 11.8 Å². The average Bonchev–Trinajstić information content (AvgIpc) is 2.80. The molecule has 1 fully saturated rings. The quantitative estimate of drug-likeness (QED) is 0.896. The summed E-state index contributed by atoms with van der Waals surface area (Å²) in [5.74, 6) is -1.12. The van der Waals surface area contributed by atoms with E-state index in [4.69, 9.17) is 4.42 Å². The lowest BCUT2D eigenvalue weighted by molar-refractivity contribution is -0.153. The maximum absolute atomic E-state index is 12.2. The van der Waals surface area contributed by atoms with Crippen molar-refractivity contribution >= 4 is 22.8 Å². The molecule has 5 nitrogen and oxygen atoms in total. The number of benzene rings is 1. The average molecular weight is 273 g/mol. The number of para-hydroxylation sites is 1. The van der Waals surface area contributed by atoms with E-state index in [1.807, 2.05) is 18.2 Å². The molecule has 1 aliphatic rings. The molecule has 3 rings (SSSR count). The minimum absolute atomic E-state index is 0.167. The second-order valence-electron chi connectivity index (χ2n) is 5.27. The predicted molar refractivity (Wildman–Crippen MR) is 72.5 cm³/mol. The summed E-state index contributed by atoms with van der Waals surface area (Å²) in [5.41, 5.74) is 0.310. The van der Waals surface area contributed by atoms with Crippen molar-refractivity contribution in [2.24, 2.45) is 5.41 Å². The smallest absolute Gasteiger partial charge is 0.311 e. The van der Waals surface area contributed by atoms with Gasteiger partial charge in [-0.1, -0.05) is 24.6 Å². The Morgan fingerprint density at radius 1 is 1.30 bits per heavy atom. The van der Waals surface area contributed by atoms with E-state index < -0.39 is 11.4 Å². The van der Waals surface area contributed by atoms with Gasteiger partial charge >= 0.3 is 5.97 Å². The number of carbonyl (C=O) groups is 2. The summed E-state index contributed by atoms with van der Waals surface area (Å²) in [7, 11) is 0. The number of carboxylic acid groups (broad SMARTS) is 1. The summed E-state index contributed by atoms with van der Waals surface area (Å²) in [5, 5.41) is 12.7. The van der Waals surface area contributed by atoms with Gasteiger partial charge in [-0.15, -0.1) is 0 Å². The Morgan fingerprint density at radius 3 is 2.70 bits per heavy atom. The predicted octanol–water partition coefficient (Wildman–Crippen LogP) is 2.42. The van der Waals surface area contributed by atoms with Gasteiger partial charge in [-0.3, -0.25) is 9.59 Å². The highest BCUT2D eigenvalue weighted by atomic mass is 16.4. The molecule has 0 unspecified atom stereocenters. The van der Waals surface area contributed by atoms with Crippen LogP contribution in [-0.2, 0) is 4.79 Å². The molecule has 2 aromatic rings. The van der Waals surface area contributed by atoms with Crippen molar-refractivity contribution < 1.29 is 19.1 Å². The van der Waals surface area contributed by atoms with Crippen LogP contribution in [0, 0.1) is 5.41 Å². The van der Waals surface area contributed by atoms with E-state index in [1.54, 1.807) is 6.07 Å². The van der Waals surface area contributed by atoms with Crippen LogP contribution in [0.25, 0.3) is 11.0 Å². The van der Waals surface area contributed by atoms with Crippen LogP contribution < -0.4 is 5.32 Å². The van der Waals surface area contributed by atoms with Crippen LogP contribution in [0.3, 0.4) is 0 Å². The topological polar surface area (TPSA) is 79.5 Å². The van der Waals surface area contributed by atoms with E-state index in [0.29, 0.717) is 24.0 Å². The molecule has 1 saturated carbocycles. The minimum Gasteiger partial charge on any atom is -0.481 e. The highest BCUT2D eigenvalue weighted by Gasteiger charge is 2.44. The Balaban J connectivity index is 1.75. The van der Waals surface area contributed by atoms with Crippen LogP contribution in [0.15, 0.2) is 34.9 Å². The Kier molecular flexibility index (Phi) is 2.97. The summed E-state index contributed by atoms with van der Waals surface area (Å²) in [6, 6.07) is 7.27. The first kappa shape index (κ1) is 12.7. The standard InChI is InChI=1S/C15H15NO4/c17-13(16-9-15(14(18)19)6-3-7-15)11-8-20-12-5-2-1-4-10(11)12/h1-2,4-5,8H,3,6-7,9H2,(H,16,17)(H,18,19). The van der Waals surface area contributed by atoms with Crippen molar-refractivity contribution in [2.75, 3.05) is 6.54 Å². The van der Waals surface area contributed by atoms with Gasteiger partial charge in [0.15, 0.2) is 0 Å². The van der Waals surface area contributed by atoms with E-state index >= 15 is 0 Å². The molecule has 2 N–H and O–H groups in total. The maximum Gasteiger partial charge on any atom is 0.311 e. The van der Waals surface area contributed by atoms with Gasteiger partial charge < -0.3 is 14.8 Å². The number of carboxylic acids is 1. The Hall–Kier alpha value is -2.30. The van der Waals surface area contributed by atoms with E-state index in [1.165, 1.54) is 6.26 Å². The number of nitrogens with one attached hydrogen (secondary N) is 1. The summed E-state index contributed by atoms with van der Waals surface area (Å²) in [6.07, 6.45) is 3.55. The lowest BCUT2D eigenvalue weighted by Gasteiger charge is -2.37. The summed E-state index contributed by atoms with van der Waals surface area (Å²) >= 11 is 0. The molecule has 0 saturated heterocycles. The van der Waals surface area contributed by atoms with Crippen molar-refractivity contribution in [1.82, 2.24) is 5.32 Å². The van der Waals surface area contributed by atoms with Crippen LogP contribution in [0.1, 0.15) is 29.6 Å². The molecule has 5 heteroatoms. The third-order valence-electron chi connectivity index (χ3n) is 4.08. The van der Waals surface area contributed by atoms with Gasteiger partial charge in [0.1, 0.15) is 11.8 Å². The van der Waals surface area contributed by atoms with Crippen molar-refractivity contribution in [1.29, 1.82) is 0 Å². The van der Waals surface area contributed by atoms with Gasteiger partial charge in [-0.2, -0.15) is 0 Å². The fourth-order valence-corrected chi connectivity index (χ4v) is 2.57. The molecule has 0 spiro atoms. The normalized spacial score (nSPS) is 16.6. The highest BCUT2D eigenvalue weighted by molar-refractivity contribution is 6.06. The zero-order chi connectivity index (χ0) is 14.2. The van der Waals surface area contributed by atoms with Gasteiger partial charge in [-0.05, 0) is 18.9 Å². The molecule has 20 heavy (non-hydrogen) atoms. The molecule has 1 aromatic heterocycles. The van der Waals surface area contributed by atoms with Gasteiger partial charge in [0, 0.05) is 11.9 Å². The number of rotatable bonds is 4. The zero-order valence-electron chi connectivity index (χ0n) is 10.9. The van der Waals surface area contributed by atoms with Crippen LogP contribution in [0.4, 0.5) is 0 Å². The van der Waals surface area contributed by atoms with Crippen LogP contribution in [-0.4, -0.2) is 23.5 Å². The molecular formula is C15H15NO4. The second kappa shape index (κ2) is 4.67. The molecule has 1 heterocycles. The minimum atomic E-state index is -0.832. The number of amides is 1. The second-order valence-corrected chi connectivity index (χ2v) is 5.27. The van der Waals surface area contributed by atoms with E-state index in [9.17, 15) is 14.7 Å². The molecule has 104 valence electrons. The molecule has 1 amide bonds. The lowest BCUT2D eigenvalue weighted by Crippen LogP contribution is -2.47. The number of aliphatic carboxylic acids is 1. The number of fused-ring (bicyclic) bond motifs is 1. The number of hydrogen-bond acceptors (Lipinski definition) is 3. The molecule has 0 radical (unpaired) electrons. The molecule has 1 aromatic carbocycles. The summed E-state index contributed by atoms with van der Waals surface area (Å²) in [6.45, 7) is 0.167. The van der Waals surface area contributed by atoms with Gasteiger partial charge in [0.05, 0.1) is 11.0 Å². The van der Waals surface area contributed by atoms with Crippen molar-refractivity contribution in [3.05, 3.63) is 36.1 Å². The number of carbonyl (C=O) groups excluding carboxylic acids is 1. The molecule has 0 aliphatic heterocycles. The Morgan fingerprint density at radius 2 is 2.05 bits per heavy atom. The molecule has 0 atom stereocenters. The Labute approximate surface area is 115 Å². The van der Waals surface area contributed by atoms with Crippen molar-refractivity contribution in [2.45, 2.75) is 19.3 Å². The van der Waals surface area contributed by atoms with Crippen LogP contribution >= 0.6 is 0 Å². The fraction of sp³-hybridized carbons (Fsp3) is 0.333. The maximum atomic E-state index is 12.2. The first-order valence-corrected chi connectivity index (χ1v) is 6.60. The van der Waals surface area contributed by atoms with Crippen molar-refractivity contribution in [3.8, 4) is 0 Å². The van der Waals surface area contributed by atoms with Crippen LogP contribution in [0.2, 0.25) is 0 Å².